The number of nitrogens with one attached hydrogen (secondary N) is 1. The van der Waals surface area contributed by atoms with Gasteiger partial charge in [0.2, 0.25) is 15.9 Å². The normalized spacial score (nSPS) is 12.2. The second-order valence-electron chi connectivity index (χ2n) is 7.60. The van der Waals surface area contributed by atoms with Crippen LogP contribution in [0.1, 0.15) is 31.9 Å². The topological polar surface area (TPSA) is 86.7 Å². The molecule has 0 radical (unpaired) electrons. The van der Waals surface area contributed by atoms with E-state index in [1.807, 2.05) is 27.7 Å². The van der Waals surface area contributed by atoms with Crippen molar-refractivity contribution in [2.24, 2.45) is 0 Å². The number of phenolic OH excluding ortho intramolecular Hbond substituents is 1. The quantitative estimate of drug-likeness (QED) is 0.767. The number of hydrogen-bond acceptors (Lipinski definition) is 4. The van der Waals surface area contributed by atoms with Crippen molar-refractivity contribution in [3.05, 3.63) is 53.6 Å². The Morgan fingerprint density at radius 3 is 2.26 bits per heavy atom. The van der Waals surface area contributed by atoms with Crippen molar-refractivity contribution >= 4 is 21.6 Å². The van der Waals surface area contributed by atoms with Crippen LogP contribution in [0.3, 0.4) is 0 Å². The van der Waals surface area contributed by atoms with Gasteiger partial charge in [-0.2, -0.15) is 4.31 Å². The highest BCUT2D eigenvalue weighted by molar-refractivity contribution is 7.89. The van der Waals surface area contributed by atoms with E-state index >= 15 is 0 Å². The number of rotatable bonds is 5. The largest absolute Gasteiger partial charge is 0.506 e. The summed E-state index contributed by atoms with van der Waals surface area (Å²) in [4.78, 5) is 12.5. The smallest absolute Gasteiger partial charge is 0.243 e. The first-order chi connectivity index (χ1) is 12.4. The van der Waals surface area contributed by atoms with E-state index in [4.69, 9.17) is 0 Å². The first kappa shape index (κ1) is 20.9. The van der Waals surface area contributed by atoms with Gasteiger partial charge in [0.1, 0.15) is 5.75 Å². The zero-order valence-corrected chi connectivity index (χ0v) is 17.1. The molecule has 0 aliphatic carbocycles. The third-order valence-corrected chi connectivity index (χ3v) is 6.05. The molecule has 1 amide bonds. The van der Waals surface area contributed by atoms with Gasteiger partial charge in [0, 0.05) is 7.05 Å². The molecule has 2 aromatic rings. The van der Waals surface area contributed by atoms with Crippen LogP contribution in [0.25, 0.3) is 0 Å². The van der Waals surface area contributed by atoms with Crippen molar-refractivity contribution in [1.29, 1.82) is 0 Å². The summed E-state index contributed by atoms with van der Waals surface area (Å²) in [7, 11) is -2.43. The second kappa shape index (κ2) is 7.70. The Morgan fingerprint density at radius 1 is 1.11 bits per heavy atom. The molecule has 0 heterocycles. The molecule has 146 valence electrons. The lowest BCUT2D eigenvalue weighted by Crippen LogP contribution is -2.35. The van der Waals surface area contributed by atoms with E-state index in [1.165, 1.54) is 25.2 Å². The third kappa shape index (κ3) is 5.08. The Hall–Kier alpha value is -2.38. The summed E-state index contributed by atoms with van der Waals surface area (Å²) in [6, 6.07) is 11.4. The Kier molecular flexibility index (Phi) is 5.97. The molecule has 0 saturated carbocycles. The molecule has 2 aromatic carbocycles. The Bertz CT molecular complexity index is 929. The number of likely N-dealkylation sites (N-methyl/N-ethyl adjacent to an activating group) is 1. The molecular weight excluding hydrogens is 364 g/mol. The SMILES string of the molecule is Cc1ccc(S(=O)(=O)N(C)CC(=O)Nc2cc(C(C)(C)C)ccc2O)cc1. The fourth-order valence-corrected chi connectivity index (χ4v) is 3.60. The van der Waals surface area contributed by atoms with Crippen LogP contribution in [0, 0.1) is 6.92 Å². The molecule has 0 atom stereocenters. The maximum absolute atomic E-state index is 12.6. The van der Waals surface area contributed by atoms with E-state index in [2.05, 4.69) is 5.32 Å². The molecule has 0 aliphatic rings. The fourth-order valence-electron chi connectivity index (χ4n) is 2.47. The lowest BCUT2D eigenvalue weighted by atomic mass is 9.87. The molecule has 0 aliphatic heterocycles. The molecule has 7 heteroatoms. The summed E-state index contributed by atoms with van der Waals surface area (Å²) in [5, 5.41) is 12.6. The third-order valence-electron chi connectivity index (χ3n) is 4.23. The molecule has 0 saturated heterocycles. The van der Waals surface area contributed by atoms with Crippen LogP contribution < -0.4 is 5.32 Å². The average molecular weight is 391 g/mol. The van der Waals surface area contributed by atoms with Crippen molar-refractivity contribution in [1.82, 2.24) is 4.31 Å². The minimum atomic E-state index is -3.77. The highest BCUT2D eigenvalue weighted by Crippen LogP contribution is 2.30. The second-order valence-corrected chi connectivity index (χ2v) is 9.65. The molecular formula is C20H26N2O4S. The number of nitrogens with zero attached hydrogens (tertiary/aromatic N) is 1. The summed E-state index contributed by atoms with van der Waals surface area (Å²) in [6.07, 6.45) is 0. The predicted octanol–water partition coefficient (Wildman–Crippen LogP) is 3.26. The molecule has 2 N–H and O–H groups in total. The van der Waals surface area contributed by atoms with E-state index in [0.717, 1.165) is 15.4 Å². The lowest BCUT2D eigenvalue weighted by molar-refractivity contribution is -0.116. The molecule has 27 heavy (non-hydrogen) atoms. The zero-order valence-electron chi connectivity index (χ0n) is 16.3. The number of hydrogen-bond donors (Lipinski definition) is 2. The first-order valence-electron chi connectivity index (χ1n) is 8.57. The number of carbonyl (C=O) groups is 1. The van der Waals surface area contributed by atoms with Crippen LogP contribution in [-0.4, -0.2) is 37.3 Å². The van der Waals surface area contributed by atoms with Crippen LogP contribution in [0.4, 0.5) is 5.69 Å². The summed E-state index contributed by atoms with van der Waals surface area (Å²) in [5.41, 5.74) is 1.99. The summed E-state index contributed by atoms with van der Waals surface area (Å²) in [5.74, 6) is -0.602. The van der Waals surface area contributed by atoms with Gasteiger partial charge in [0.25, 0.3) is 0 Å². The van der Waals surface area contributed by atoms with E-state index < -0.39 is 15.9 Å². The predicted molar refractivity (Wildman–Crippen MR) is 106 cm³/mol. The van der Waals surface area contributed by atoms with Gasteiger partial charge in [-0.05, 0) is 42.2 Å². The van der Waals surface area contributed by atoms with Gasteiger partial charge in [-0.1, -0.05) is 44.5 Å². The van der Waals surface area contributed by atoms with Crippen molar-refractivity contribution < 1.29 is 18.3 Å². The number of aryl methyl sites for hydroxylation is 1. The van der Waals surface area contributed by atoms with E-state index in [0.29, 0.717) is 0 Å². The van der Waals surface area contributed by atoms with Crippen molar-refractivity contribution in [2.45, 2.75) is 38.0 Å². The van der Waals surface area contributed by atoms with Crippen molar-refractivity contribution in [2.75, 3.05) is 18.9 Å². The van der Waals surface area contributed by atoms with Gasteiger partial charge in [0.15, 0.2) is 0 Å². The first-order valence-corrected chi connectivity index (χ1v) is 10.0. The molecule has 0 aromatic heterocycles. The van der Waals surface area contributed by atoms with Crippen LogP contribution in [0.5, 0.6) is 5.75 Å². The van der Waals surface area contributed by atoms with Gasteiger partial charge in [-0.15, -0.1) is 0 Å². The minimum absolute atomic E-state index is 0.0691. The number of sulfonamides is 1. The number of carbonyl (C=O) groups excluding carboxylic acids is 1. The number of anilines is 1. The highest BCUT2D eigenvalue weighted by Gasteiger charge is 2.23. The number of amides is 1. The average Bonchev–Trinajstić information content (AvgIpc) is 2.56. The molecule has 6 nitrogen and oxygen atoms in total. The zero-order chi connectivity index (χ0) is 20.4. The minimum Gasteiger partial charge on any atom is -0.506 e. The van der Waals surface area contributed by atoms with Gasteiger partial charge < -0.3 is 10.4 Å². The van der Waals surface area contributed by atoms with Gasteiger partial charge >= 0.3 is 0 Å². The molecule has 0 fully saturated rings. The highest BCUT2D eigenvalue weighted by atomic mass is 32.2. The van der Waals surface area contributed by atoms with Gasteiger partial charge in [0.05, 0.1) is 17.1 Å². The summed E-state index contributed by atoms with van der Waals surface area (Å²) < 4.78 is 26.1. The molecule has 0 unspecified atom stereocenters. The fraction of sp³-hybridized carbons (Fsp3) is 0.350. The standard InChI is InChI=1S/C20H26N2O4S/c1-14-6-9-16(10-7-14)27(25,26)22(5)13-19(24)21-17-12-15(20(2,3)4)8-11-18(17)23/h6-12,23H,13H2,1-5H3,(H,21,24). The Balaban J connectivity index is 2.14. The lowest BCUT2D eigenvalue weighted by Gasteiger charge is -2.21. The van der Waals surface area contributed by atoms with Gasteiger partial charge in [-0.25, -0.2) is 8.42 Å². The summed E-state index contributed by atoms with van der Waals surface area (Å²) in [6.45, 7) is 7.56. The van der Waals surface area contributed by atoms with Crippen LogP contribution >= 0.6 is 0 Å². The van der Waals surface area contributed by atoms with Crippen LogP contribution in [-0.2, 0) is 20.2 Å². The van der Waals surface area contributed by atoms with E-state index in [-0.39, 0.29) is 28.3 Å². The van der Waals surface area contributed by atoms with Crippen molar-refractivity contribution in [3.8, 4) is 5.75 Å². The summed E-state index contributed by atoms with van der Waals surface area (Å²) >= 11 is 0. The number of aromatic hydroxyl groups is 1. The number of phenols is 1. The Labute approximate surface area is 160 Å². The van der Waals surface area contributed by atoms with Gasteiger partial charge in [-0.3, -0.25) is 4.79 Å². The van der Waals surface area contributed by atoms with E-state index in [1.54, 1.807) is 24.3 Å². The van der Waals surface area contributed by atoms with Crippen molar-refractivity contribution in [3.63, 3.8) is 0 Å². The van der Waals surface area contributed by atoms with Crippen LogP contribution in [0.2, 0.25) is 0 Å². The maximum atomic E-state index is 12.6. The monoisotopic (exact) mass is 390 g/mol. The maximum Gasteiger partial charge on any atom is 0.243 e. The molecule has 0 bridgehead atoms. The number of benzene rings is 2. The molecule has 2 rings (SSSR count). The van der Waals surface area contributed by atoms with E-state index in [9.17, 15) is 18.3 Å². The van der Waals surface area contributed by atoms with Crippen LogP contribution in [0.15, 0.2) is 47.4 Å². The molecule has 0 spiro atoms. The Morgan fingerprint density at radius 2 is 1.70 bits per heavy atom.